The molecule has 2 aromatic rings. The summed E-state index contributed by atoms with van der Waals surface area (Å²) in [5.74, 6) is -1.29. The molecule has 3 atom stereocenters. The fourth-order valence-corrected chi connectivity index (χ4v) is 7.82. The molecule has 1 saturated carbocycles. The molecule has 3 fully saturated rings. The van der Waals surface area contributed by atoms with E-state index in [-0.39, 0.29) is 58.2 Å². The van der Waals surface area contributed by atoms with Crippen LogP contribution in [0.15, 0.2) is 47.6 Å². The molecule has 3 amide bonds. The zero-order chi connectivity index (χ0) is 28.8. The highest BCUT2D eigenvalue weighted by Crippen LogP contribution is 2.35. The number of piperazine rings is 1. The van der Waals surface area contributed by atoms with Crippen LogP contribution in [0.2, 0.25) is 10.0 Å². The first kappa shape index (κ1) is 28.8. The third-order valence-electron chi connectivity index (χ3n) is 7.88. The van der Waals surface area contributed by atoms with E-state index in [1.165, 1.54) is 27.4 Å². The number of halogens is 2. The van der Waals surface area contributed by atoms with E-state index in [0.717, 1.165) is 6.42 Å². The highest BCUT2D eigenvalue weighted by molar-refractivity contribution is 7.89. The van der Waals surface area contributed by atoms with Crippen LogP contribution in [-0.4, -0.2) is 82.6 Å². The van der Waals surface area contributed by atoms with E-state index < -0.39 is 34.2 Å². The first-order valence-corrected chi connectivity index (χ1v) is 15.5. The average molecular weight is 609 g/mol. The number of carbonyl (C=O) groups excluding carboxylic acids is 3. The lowest BCUT2D eigenvalue weighted by molar-refractivity contribution is -0.169. The first-order valence-electron chi connectivity index (χ1n) is 13.3. The van der Waals surface area contributed by atoms with E-state index in [2.05, 4.69) is 10.3 Å². The van der Waals surface area contributed by atoms with E-state index in [0.29, 0.717) is 18.4 Å². The number of fused-ring (bicyclic) bond motifs is 1. The molecule has 0 radical (unpaired) electrons. The number of carbonyl (C=O) groups is 3. The first-order chi connectivity index (χ1) is 19.0. The maximum Gasteiger partial charge on any atom is 0.248 e. The number of aromatic nitrogens is 1. The van der Waals surface area contributed by atoms with Gasteiger partial charge in [-0.2, -0.15) is 4.31 Å². The smallest absolute Gasteiger partial charge is 0.248 e. The Morgan fingerprint density at radius 3 is 2.48 bits per heavy atom. The Morgan fingerprint density at radius 2 is 1.88 bits per heavy atom. The number of hydrogen-bond acceptors (Lipinski definition) is 6. The van der Waals surface area contributed by atoms with Crippen molar-refractivity contribution in [3.05, 3.63) is 58.3 Å². The van der Waals surface area contributed by atoms with Gasteiger partial charge in [0.05, 0.1) is 11.6 Å². The molecule has 2 saturated heterocycles. The summed E-state index contributed by atoms with van der Waals surface area (Å²) in [6, 6.07) is 5.22. The van der Waals surface area contributed by atoms with Gasteiger partial charge < -0.3 is 15.1 Å². The van der Waals surface area contributed by atoms with E-state index >= 15 is 0 Å². The van der Waals surface area contributed by atoms with Crippen LogP contribution in [0.4, 0.5) is 0 Å². The summed E-state index contributed by atoms with van der Waals surface area (Å²) in [4.78, 5) is 47.6. The lowest BCUT2D eigenvalue weighted by atomic mass is 9.84. The maximum atomic E-state index is 14.2. The standard InChI is InChI=1S/C27H31Cl2N5O5S/c1-16(2)32-15-24-33(40(38,39)23-9-8-19(28)12-20(23)29)14-21(31-25(35)18-6-3-7-18)26(36)34(24)22(27(32)37)11-17-5-4-10-30-13-17/h4-5,8-10,12-13,16,18,21-22,24H,3,6-7,11,14-15H2,1-2H3,(H,31,35). The summed E-state index contributed by atoms with van der Waals surface area (Å²) < 4.78 is 29.5. The second kappa shape index (κ2) is 11.3. The van der Waals surface area contributed by atoms with Gasteiger partial charge in [0.1, 0.15) is 23.1 Å². The molecule has 40 heavy (non-hydrogen) atoms. The van der Waals surface area contributed by atoms with Crippen molar-refractivity contribution in [2.24, 2.45) is 5.92 Å². The van der Waals surface area contributed by atoms with Gasteiger partial charge in [-0.15, -0.1) is 0 Å². The van der Waals surface area contributed by atoms with Gasteiger partial charge in [-0.1, -0.05) is 35.7 Å². The number of nitrogens with one attached hydrogen (secondary N) is 1. The number of hydrogen-bond donors (Lipinski definition) is 1. The molecule has 10 nitrogen and oxygen atoms in total. The lowest BCUT2D eigenvalue weighted by Crippen LogP contribution is -2.76. The van der Waals surface area contributed by atoms with E-state index in [1.54, 1.807) is 29.4 Å². The third kappa shape index (κ3) is 5.32. The number of nitrogens with zero attached hydrogens (tertiary/aromatic N) is 4. The molecule has 0 spiro atoms. The SMILES string of the molecule is CC(C)N1CC2N(C(=O)C(NC(=O)C3CCC3)CN2S(=O)(=O)c2ccc(Cl)cc2Cl)C(Cc2cccnc2)C1=O. The van der Waals surface area contributed by atoms with Crippen LogP contribution in [0.5, 0.6) is 0 Å². The third-order valence-corrected chi connectivity index (χ3v) is 10.5. The molecule has 214 valence electrons. The van der Waals surface area contributed by atoms with Gasteiger partial charge in [-0.3, -0.25) is 19.4 Å². The van der Waals surface area contributed by atoms with Gasteiger partial charge in [0.25, 0.3) is 0 Å². The molecular weight excluding hydrogens is 577 g/mol. The van der Waals surface area contributed by atoms with Gasteiger partial charge in [0.2, 0.25) is 27.7 Å². The molecule has 1 aromatic heterocycles. The van der Waals surface area contributed by atoms with Crippen molar-refractivity contribution in [1.29, 1.82) is 0 Å². The molecule has 3 heterocycles. The molecule has 1 N–H and O–H groups in total. The fraction of sp³-hybridized carbons (Fsp3) is 0.481. The van der Waals surface area contributed by atoms with Crippen molar-refractivity contribution in [2.45, 2.75) is 68.7 Å². The average Bonchev–Trinajstić information content (AvgIpc) is 2.86. The molecule has 3 aliphatic rings. The monoisotopic (exact) mass is 607 g/mol. The van der Waals surface area contributed by atoms with Crippen LogP contribution in [0.3, 0.4) is 0 Å². The Hall–Kier alpha value is -2.73. The van der Waals surface area contributed by atoms with Crippen LogP contribution in [0.1, 0.15) is 38.7 Å². The van der Waals surface area contributed by atoms with Gasteiger partial charge >= 0.3 is 0 Å². The minimum atomic E-state index is -4.30. The molecule has 5 rings (SSSR count). The number of pyridine rings is 1. The molecule has 1 aromatic carbocycles. The Balaban J connectivity index is 1.60. The number of rotatable bonds is 7. The van der Waals surface area contributed by atoms with E-state index in [9.17, 15) is 22.8 Å². The van der Waals surface area contributed by atoms with Crippen molar-refractivity contribution in [2.75, 3.05) is 13.1 Å². The Bertz CT molecular complexity index is 1420. The van der Waals surface area contributed by atoms with Crippen LogP contribution < -0.4 is 5.32 Å². The summed E-state index contributed by atoms with van der Waals surface area (Å²) in [5, 5.41) is 3.00. The zero-order valence-electron chi connectivity index (χ0n) is 22.2. The van der Waals surface area contributed by atoms with Gasteiger partial charge in [-0.05, 0) is 56.5 Å². The minimum Gasteiger partial charge on any atom is -0.343 e. The summed E-state index contributed by atoms with van der Waals surface area (Å²) in [6.45, 7) is 3.37. The summed E-state index contributed by atoms with van der Waals surface area (Å²) in [6.07, 6.45) is 4.70. The Labute approximate surface area is 243 Å². The van der Waals surface area contributed by atoms with Crippen molar-refractivity contribution in [3.63, 3.8) is 0 Å². The molecule has 2 aliphatic heterocycles. The summed E-state index contributed by atoms with van der Waals surface area (Å²) >= 11 is 12.4. The second-order valence-electron chi connectivity index (χ2n) is 10.7. The maximum absolute atomic E-state index is 14.2. The molecule has 3 unspecified atom stereocenters. The quantitative estimate of drug-likeness (QED) is 0.517. The van der Waals surface area contributed by atoms with E-state index in [1.807, 2.05) is 13.8 Å². The van der Waals surface area contributed by atoms with Gasteiger partial charge in [0.15, 0.2) is 0 Å². The van der Waals surface area contributed by atoms with Crippen LogP contribution in [0, 0.1) is 5.92 Å². The van der Waals surface area contributed by atoms with Crippen molar-refractivity contribution in [1.82, 2.24) is 24.4 Å². The number of amides is 3. The predicted molar refractivity (Wildman–Crippen MR) is 149 cm³/mol. The van der Waals surface area contributed by atoms with Crippen molar-refractivity contribution >= 4 is 50.9 Å². The molecular formula is C27H31Cl2N5O5S. The van der Waals surface area contributed by atoms with Gasteiger partial charge in [0, 0.05) is 42.3 Å². The predicted octanol–water partition coefficient (Wildman–Crippen LogP) is 2.69. The molecule has 1 aliphatic carbocycles. The Morgan fingerprint density at radius 1 is 1.12 bits per heavy atom. The minimum absolute atomic E-state index is 0.0283. The van der Waals surface area contributed by atoms with Gasteiger partial charge in [-0.25, -0.2) is 8.42 Å². The van der Waals surface area contributed by atoms with Crippen LogP contribution in [-0.2, 0) is 30.8 Å². The zero-order valence-corrected chi connectivity index (χ0v) is 24.5. The highest BCUT2D eigenvalue weighted by atomic mass is 35.5. The Kier molecular flexibility index (Phi) is 8.11. The largest absolute Gasteiger partial charge is 0.343 e. The molecule has 0 bridgehead atoms. The lowest BCUT2D eigenvalue weighted by Gasteiger charge is -2.54. The summed E-state index contributed by atoms with van der Waals surface area (Å²) in [7, 11) is -4.30. The fourth-order valence-electron chi connectivity index (χ4n) is 5.49. The molecule has 13 heteroatoms. The highest BCUT2D eigenvalue weighted by Gasteiger charge is 2.54. The second-order valence-corrected chi connectivity index (χ2v) is 13.4. The number of sulfonamides is 1. The van der Waals surface area contributed by atoms with Crippen molar-refractivity contribution in [3.8, 4) is 0 Å². The van der Waals surface area contributed by atoms with E-state index in [4.69, 9.17) is 23.2 Å². The van der Waals surface area contributed by atoms with Crippen LogP contribution in [0.25, 0.3) is 0 Å². The summed E-state index contributed by atoms with van der Waals surface area (Å²) in [5.41, 5.74) is 0.716. The van der Waals surface area contributed by atoms with Crippen molar-refractivity contribution < 1.29 is 22.8 Å². The van der Waals surface area contributed by atoms with Crippen LogP contribution >= 0.6 is 23.2 Å². The topological polar surface area (TPSA) is 120 Å². The normalized spacial score (nSPS) is 24.2. The number of benzene rings is 1.